The Hall–Kier alpha value is -2.00. The van der Waals surface area contributed by atoms with Crippen LogP contribution in [0.1, 0.15) is 37.9 Å². The molecule has 0 spiro atoms. The van der Waals surface area contributed by atoms with Gasteiger partial charge in [0.05, 0.1) is 24.5 Å². The van der Waals surface area contributed by atoms with Crippen LogP contribution >= 0.6 is 22.7 Å². The van der Waals surface area contributed by atoms with Crippen molar-refractivity contribution in [1.29, 1.82) is 0 Å². The minimum Gasteiger partial charge on any atom is -0.379 e. The monoisotopic (exact) mass is 430 g/mol. The maximum atomic E-state index is 13.2. The van der Waals surface area contributed by atoms with Gasteiger partial charge in [0, 0.05) is 41.3 Å². The van der Waals surface area contributed by atoms with E-state index < -0.39 is 0 Å². The predicted molar refractivity (Wildman–Crippen MR) is 119 cm³/mol. The van der Waals surface area contributed by atoms with Gasteiger partial charge in [-0.3, -0.25) is 15.0 Å². The Kier molecular flexibility index (Phi) is 5.87. The predicted octanol–water partition coefficient (Wildman–Crippen LogP) is 4.31. The number of anilines is 1. The van der Waals surface area contributed by atoms with Crippen molar-refractivity contribution in [1.82, 2.24) is 14.5 Å². The molecule has 3 aromatic rings. The van der Waals surface area contributed by atoms with E-state index in [2.05, 4.69) is 52.7 Å². The largest absolute Gasteiger partial charge is 0.379 e. The van der Waals surface area contributed by atoms with E-state index in [9.17, 15) is 4.79 Å². The molecule has 1 saturated heterocycles. The topological polar surface area (TPSA) is 59.4 Å². The number of aryl methyl sites for hydroxylation is 3. The van der Waals surface area contributed by atoms with Gasteiger partial charge in [-0.15, -0.1) is 22.7 Å². The van der Waals surface area contributed by atoms with Crippen molar-refractivity contribution < 1.29 is 9.53 Å². The number of thiophene rings is 1. The molecule has 4 rings (SSSR count). The highest BCUT2D eigenvalue weighted by Crippen LogP contribution is 2.34. The number of carbonyl (C=O) groups is 1. The Balaban J connectivity index is 1.55. The summed E-state index contributed by atoms with van der Waals surface area (Å²) in [7, 11) is 0. The van der Waals surface area contributed by atoms with E-state index in [1.807, 2.05) is 12.3 Å². The zero-order valence-electron chi connectivity index (χ0n) is 17.2. The number of thiazole rings is 1. The number of rotatable bonds is 5. The molecule has 0 saturated carbocycles. The molecule has 154 valence electrons. The molecule has 1 aliphatic heterocycles. The molecular formula is C21H26N4O2S2. The molecule has 0 unspecified atom stereocenters. The average molecular weight is 431 g/mol. The van der Waals surface area contributed by atoms with Gasteiger partial charge in [0.1, 0.15) is 5.00 Å². The average Bonchev–Trinajstić information content (AvgIpc) is 3.35. The fraction of sp³-hybridized carbons (Fsp3) is 0.429. The van der Waals surface area contributed by atoms with Crippen LogP contribution in [0.5, 0.6) is 0 Å². The third-order valence-electron chi connectivity index (χ3n) is 5.33. The Bertz CT molecular complexity index is 1010. The van der Waals surface area contributed by atoms with E-state index in [0.717, 1.165) is 70.9 Å². The number of nitrogens with zero attached hydrogens (tertiary/aromatic N) is 3. The van der Waals surface area contributed by atoms with Crippen molar-refractivity contribution in [2.75, 3.05) is 31.6 Å². The van der Waals surface area contributed by atoms with Crippen LogP contribution in [0, 0.1) is 27.7 Å². The van der Waals surface area contributed by atoms with Crippen LogP contribution in [0.15, 0.2) is 17.5 Å². The van der Waals surface area contributed by atoms with Crippen molar-refractivity contribution in [2.45, 2.75) is 34.2 Å². The number of carbonyl (C=O) groups excluding carboxylic acids is 1. The summed E-state index contributed by atoms with van der Waals surface area (Å²) in [5.74, 6) is -0.0957. The van der Waals surface area contributed by atoms with Crippen molar-refractivity contribution in [3.8, 4) is 5.00 Å². The lowest BCUT2D eigenvalue weighted by Crippen LogP contribution is -2.35. The fourth-order valence-electron chi connectivity index (χ4n) is 3.61. The van der Waals surface area contributed by atoms with Gasteiger partial charge in [0.15, 0.2) is 5.13 Å². The first-order chi connectivity index (χ1) is 13.9. The lowest BCUT2D eigenvalue weighted by Gasteiger charge is -2.25. The van der Waals surface area contributed by atoms with Gasteiger partial charge >= 0.3 is 0 Å². The summed E-state index contributed by atoms with van der Waals surface area (Å²) >= 11 is 3.14. The van der Waals surface area contributed by atoms with E-state index in [1.165, 1.54) is 11.3 Å². The molecule has 3 aromatic heterocycles. The van der Waals surface area contributed by atoms with Crippen molar-refractivity contribution in [2.24, 2.45) is 0 Å². The Morgan fingerprint density at radius 1 is 1.17 bits per heavy atom. The number of hydrogen-bond donors (Lipinski definition) is 1. The first-order valence-electron chi connectivity index (χ1n) is 9.75. The van der Waals surface area contributed by atoms with Gasteiger partial charge in [0.25, 0.3) is 5.91 Å². The quantitative estimate of drug-likeness (QED) is 0.655. The van der Waals surface area contributed by atoms with Crippen LogP contribution in [-0.2, 0) is 11.3 Å². The molecular weight excluding hydrogens is 404 g/mol. The summed E-state index contributed by atoms with van der Waals surface area (Å²) in [6.07, 6.45) is 0. The van der Waals surface area contributed by atoms with E-state index in [4.69, 9.17) is 4.74 Å². The number of ether oxygens (including phenoxy) is 1. The summed E-state index contributed by atoms with van der Waals surface area (Å²) in [5.41, 5.74) is 5.00. The number of aromatic nitrogens is 2. The third kappa shape index (κ3) is 4.16. The van der Waals surface area contributed by atoms with Crippen LogP contribution in [0.2, 0.25) is 0 Å². The number of nitrogens with one attached hydrogen (secondary N) is 1. The molecule has 0 aromatic carbocycles. The van der Waals surface area contributed by atoms with Crippen LogP contribution in [0.3, 0.4) is 0 Å². The highest BCUT2D eigenvalue weighted by atomic mass is 32.1. The van der Waals surface area contributed by atoms with Crippen LogP contribution in [-0.4, -0.2) is 46.7 Å². The second-order valence-electron chi connectivity index (χ2n) is 7.40. The standard InChI is InChI=1S/C21H26N4O2S2/c1-13-5-6-14(2)25(13)20-18(15(3)16(4)29-20)19(26)23-21-22-17(12-28-21)11-24-7-9-27-10-8-24/h5-6,12H,7-11H2,1-4H3,(H,22,23,26). The van der Waals surface area contributed by atoms with Gasteiger partial charge in [-0.2, -0.15) is 0 Å². The summed E-state index contributed by atoms with van der Waals surface area (Å²) in [4.78, 5) is 21.3. The number of morpholine rings is 1. The van der Waals surface area contributed by atoms with E-state index in [-0.39, 0.29) is 5.91 Å². The molecule has 29 heavy (non-hydrogen) atoms. The lowest BCUT2D eigenvalue weighted by molar-refractivity contribution is 0.0337. The highest BCUT2D eigenvalue weighted by molar-refractivity contribution is 7.15. The zero-order valence-corrected chi connectivity index (χ0v) is 18.9. The SMILES string of the molecule is Cc1sc(-n2c(C)ccc2C)c(C(=O)Nc2nc(CN3CCOCC3)cs2)c1C. The fourth-order valence-corrected chi connectivity index (χ4v) is 5.58. The summed E-state index contributed by atoms with van der Waals surface area (Å²) < 4.78 is 7.56. The van der Waals surface area contributed by atoms with E-state index in [0.29, 0.717) is 5.13 Å². The van der Waals surface area contributed by atoms with E-state index in [1.54, 1.807) is 11.3 Å². The molecule has 8 heteroatoms. The minimum absolute atomic E-state index is 0.0957. The van der Waals surface area contributed by atoms with Crippen LogP contribution < -0.4 is 5.32 Å². The van der Waals surface area contributed by atoms with Crippen molar-refractivity contribution in [3.63, 3.8) is 0 Å². The van der Waals surface area contributed by atoms with Gasteiger partial charge in [0.2, 0.25) is 0 Å². The van der Waals surface area contributed by atoms with Gasteiger partial charge < -0.3 is 9.30 Å². The maximum Gasteiger partial charge on any atom is 0.260 e. The molecule has 0 bridgehead atoms. The van der Waals surface area contributed by atoms with E-state index >= 15 is 0 Å². The molecule has 0 radical (unpaired) electrons. The van der Waals surface area contributed by atoms with Gasteiger partial charge in [-0.05, 0) is 45.4 Å². The zero-order chi connectivity index (χ0) is 20.5. The summed E-state index contributed by atoms with van der Waals surface area (Å²) in [5, 5.41) is 6.68. The van der Waals surface area contributed by atoms with Crippen molar-refractivity contribution in [3.05, 3.63) is 50.6 Å². The molecule has 1 aliphatic rings. The number of hydrogen-bond acceptors (Lipinski definition) is 6. The Morgan fingerprint density at radius 2 is 1.86 bits per heavy atom. The van der Waals surface area contributed by atoms with Crippen LogP contribution in [0.25, 0.3) is 5.00 Å². The highest BCUT2D eigenvalue weighted by Gasteiger charge is 2.23. The Labute approximate surface area is 179 Å². The van der Waals surface area contributed by atoms with Crippen LogP contribution in [0.4, 0.5) is 5.13 Å². The molecule has 0 aliphatic carbocycles. The maximum absolute atomic E-state index is 13.2. The first kappa shape index (κ1) is 20.3. The van der Waals surface area contributed by atoms with Gasteiger partial charge in [-0.1, -0.05) is 0 Å². The first-order valence-corrected chi connectivity index (χ1v) is 11.4. The molecule has 1 fully saturated rings. The third-order valence-corrected chi connectivity index (χ3v) is 7.33. The minimum atomic E-state index is -0.0957. The number of amides is 1. The molecule has 4 heterocycles. The Morgan fingerprint density at radius 3 is 2.55 bits per heavy atom. The molecule has 0 atom stereocenters. The summed E-state index contributed by atoms with van der Waals surface area (Å²) in [6.45, 7) is 12.4. The molecule has 6 nitrogen and oxygen atoms in total. The second-order valence-corrected chi connectivity index (χ2v) is 9.46. The molecule has 1 N–H and O–H groups in total. The van der Waals surface area contributed by atoms with Crippen molar-refractivity contribution >= 4 is 33.7 Å². The smallest absolute Gasteiger partial charge is 0.260 e. The summed E-state index contributed by atoms with van der Waals surface area (Å²) in [6, 6.07) is 4.17. The second kappa shape index (κ2) is 8.39. The molecule has 1 amide bonds. The normalized spacial score (nSPS) is 15.0. The lowest BCUT2D eigenvalue weighted by atomic mass is 10.1. The van der Waals surface area contributed by atoms with Gasteiger partial charge in [-0.25, -0.2) is 4.98 Å².